The van der Waals surface area contributed by atoms with Crippen LogP contribution in [-0.4, -0.2) is 44.8 Å². The van der Waals surface area contributed by atoms with Crippen molar-refractivity contribution in [3.05, 3.63) is 23.8 Å². The van der Waals surface area contributed by atoms with Crippen molar-refractivity contribution in [1.29, 1.82) is 0 Å². The third-order valence-corrected chi connectivity index (χ3v) is 7.90. The van der Waals surface area contributed by atoms with Gasteiger partial charge in [0.15, 0.2) is 0 Å². The molecular formula is C18H22N2O5S. The van der Waals surface area contributed by atoms with Crippen LogP contribution in [0.3, 0.4) is 0 Å². The van der Waals surface area contributed by atoms with E-state index in [1.165, 1.54) is 11.4 Å². The van der Waals surface area contributed by atoms with Crippen molar-refractivity contribution in [3.8, 4) is 0 Å². The van der Waals surface area contributed by atoms with Crippen molar-refractivity contribution in [2.24, 2.45) is 11.3 Å². The van der Waals surface area contributed by atoms with E-state index in [-0.39, 0.29) is 28.1 Å². The molecule has 2 aliphatic heterocycles. The topological polar surface area (TPSA) is 92.8 Å². The Morgan fingerprint density at radius 2 is 2.00 bits per heavy atom. The smallest absolute Gasteiger partial charge is 0.309 e. The summed E-state index contributed by atoms with van der Waals surface area (Å²) < 4.78 is 32.3. The monoisotopic (exact) mass is 378 g/mol. The molecule has 1 atom stereocenters. The maximum absolute atomic E-state index is 13.0. The average Bonchev–Trinajstić information content (AvgIpc) is 3.34. The molecule has 2 fully saturated rings. The minimum atomic E-state index is -3.57. The SMILES string of the molecule is COC(=O)C1CC12CCN(S(=O)(=O)c1ccc3c(c1)CCC(=O)N3)CC2. The first kappa shape index (κ1) is 17.5. The summed E-state index contributed by atoms with van der Waals surface area (Å²) in [6.45, 7) is 0.841. The van der Waals surface area contributed by atoms with Gasteiger partial charge in [0.05, 0.1) is 17.9 Å². The second-order valence-electron chi connectivity index (χ2n) is 7.41. The van der Waals surface area contributed by atoms with Crippen LogP contribution < -0.4 is 5.32 Å². The van der Waals surface area contributed by atoms with Gasteiger partial charge in [-0.15, -0.1) is 0 Å². The zero-order chi connectivity index (χ0) is 18.5. The third kappa shape index (κ3) is 2.81. The van der Waals surface area contributed by atoms with E-state index in [4.69, 9.17) is 4.74 Å². The summed E-state index contributed by atoms with van der Waals surface area (Å²) in [5.41, 5.74) is 1.47. The molecule has 1 N–H and O–H groups in total. The van der Waals surface area contributed by atoms with Gasteiger partial charge in [-0.2, -0.15) is 4.31 Å². The number of esters is 1. The number of hydrogen-bond donors (Lipinski definition) is 1. The number of fused-ring (bicyclic) bond motifs is 1. The minimum Gasteiger partial charge on any atom is -0.469 e. The number of hydrogen-bond acceptors (Lipinski definition) is 5. The molecule has 1 unspecified atom stereocenters. The quantitative estimate of drug-likeness (QED) is 0.806. The fourth-order valence-electron chi connectivity index (χ4n) is 4.22. The summed E-state index contributed by atoms with van der Waals surface area (Å²) in [7, 11) is -2.17. The molecule has 1 aliphatic carbocycles. The van der Waals surface area contributed by atoms with Gasteiger partial charge in [0.1, 0.15) is 0 Å². The van der Waals surface area contributed by atoms with Crippen LogP contribution in [0, 0.1) is 11.3 Å². The third-order valence-electron chi connectivity index (χ3n) is 6.00. The molecule has 1 saturated heterocycles. The molecule has 1 amide bonds. The maximum atomic E-state index is 13.0. The lowest BCUT2D eigenvalue weighted by molar-refractivity contribution is -0.143. The van der Waals surface area contributed by atoms with Gasteiger partial charge in [0, 0.05) is 25.2 Å². The van der Waals surface area contributed by atoms with E-state index >= 15 is 0 Å². The Balaban J connectivity index is 1.49. The lowest BCUT2D eigenvalue weighted by atomic mass is 9.92. The van der Waals surface area contributed by atoms with E-state index in [9.17, 15) is 18.0 Å². The minimum absolute atomic E-state index is 0.0426. The highest BCUT2D eigenvalue weighted by Crippen LogP contribution is 2.60. The highest BCUT2D eigenvalue weighted by atomic mass is 32.2. The molecule has 1 aromatic carbocycles. The van der Waals surface area contributed by atoms with Crippen LogP contribution in [0.5, 0.6) is 0 Å². The Kier molecular flexibility index (Phi) is 4.07. The second-order valence-corrected chi connectivity index (χ2v) is 9.35. The second kappa shape index (κ2) is 6.06. The number of aryl methyl sites for hydroxylation is 1. The summed E-state index contributed by atoms with van der Waals surface area (Å²) in [5, 5.41) is 2.77. The van der Waals surface area contributed by atoms with Gasteiger partial charge in [-0.05, 0) is 54.9 Å². The van der Waals surface area contributed by atoms with Gasteiger partial charge >= 0.3 is 5.97 Å². The molecule has 7 nitrogen and oxygen atoms in total. The fourth-order valence-corrected chi connectivity index (χ4v) is 5.71. The van der Waals surface area contributed by atoms with Crippen LogP contribution in [0.4, 0.5) is 5.69 Å². The van der Waals surface area contributed by atoms with Crippen LogP contribution in [0.25, 0.3) is 0 Å². The predicted octanol–water partition coefficient (Wildman–Crippen LogP) is 1.54. The molecular weight excluding hydrogens is 356 g/mol. The Bertz CT molecular complexity index is 872. The zero-order valence-electron chi connectivity index (χ0n) is 14.7. The van der Waals surface area contributed by atoms with Crippen LogP contribution in [-0.2, 0) is 30.8 Å². The Morgan fingerprint density at radius 1 is 1.27 bits per heavy atom. The molecule has 3 aliphatic rings. The summed E-state index contributed by atoms with van der Waals surface area (Å²) in [6.07, 6.45) is 3.10. The first-order valence-electron chi connectivity index (χ1n) is 8.86. The van der Waals surface area contributed by atoms with Crippen LogP contribution in [0.15, 0.2) is 23.1 Å². The number of amides is 1. The van der Waals surface area contributed by atoms with Gasteiger partial charge in [-0.1, -0.05) is 0 Å². The first-order chi connectivity index (χ1) is 12.4. The van der Waals surface area contributed by atoms with Crippen molar-refractivity contribution in [2.75, 3.05) is 25.5 Å². The van der Waals surface area contributed by atoms with Crippen LogP contribution >= 0.6 is 0 Å². The van der Waals surface area contributed by atoms with Crippen molar-refractivity contribution in [2.45, 2.75) is 37.0 Å². The van der Waals surface area contributed by atoms with Crippen LogP contribution in [0.1, 0.15) is 31.2 Å². The van der Waals surface area contributed by atoms with E-state index < -0.39 is 10.0 Å². The lowest BCUT2D eigenvalue weighted by Crippen LogP contribution is -2.40. The van der Waals surface area contributed by atoms with Crippen molar-refractivity contribution in [3.63, 3.8) is 0 Å². The largest absolute Gasteiger partial charge is 0.469 e. The number of rotatable bonds is 3. The fraction of sp³-hybridized carbons (Fsp3) is 0.556. The van der Waals surface area contributed by atoms with Gasteiger partial charge in [-0.25, -0.2) is 8.42 Å². The number of nitrogens with zero attached hydrogens (tertiary/aromatic N) is 1. The number of carbonyl (C=O) groups is 2. The molecule has 1 spiro atoms. The summed E-state index contributed by atoms with van der Waals surface area (Å²) in [4.78, 5) is 23.4. The lowest BCUT2D eigenvalue weighted by Gasteiger charge is -2.32. The molecule has 0 aromatic heterocycles. The van der Waals surface area contributed by atoms with Gasteiger partial charge < -0.3 is 10.1 Å². The summed E-state index contributed by atoms with van der Waals surface area (Å²) >= 11 is 0. The number of sulfonamides is 1. The Hall–Kier alpha value is -1.93. The summed E-state index contributed by atoms with van der Waals surface area (Å²) in [5.74, 6) is -0.304. The van der Waals surface area contributed by atoms with Crippen molar-refractivity contribution < 1.29 is 22.7 Å². The highest BCUT2D eigenvalue weighted by Gasteiger charge is 2.59. The number of ether oxygens (including phenoxy) is 1. The van der Waals surface area contributed by atoms with Gasteiger partial charge in [0.2, 0.25) is 15.9 Å². The number of nitrogens with one attached hydrogen (secondary N) is 1. The van der Waals surface area contributed by atoms with E-state index in [1.54, 1.807) is 18.2 Å². The Labute approximate surface area is 152 Å². The van der Waals surface area contributed by atoms with E-state index in [0.29, 0.717) is 44.5 Å². The Morgan fingerprint density at radius 3 is 2.69 bits per heavy atom. The molecule has 0 bridgehead atoms. The number of carbonyl (C=O) groups excluding carboxylic acids is 2. The number of methoxy groups -OCH3 is 1. The van der Waals surface area contributed by atoms with Crippen molar-refractivity contribution in [1.82, 2.24) is 4.31 Å². The van der Waals surface area contributed by atoms with Gasteiger partial charge in [-0.3, -0.25) is 9.59 Å². The molecule has 26 heavy (non-hydrogen) atoms. The zero-order valence-corrected chi connectivity index (χ0v) is 15.5. The molecule has 2 heterocycles. The van der Waals surface area contributed by atoms with E-state index in [2.05, 4.69) is 5.32 Å². The highest BCUT2D eigenvalue weighted by molar-refractivity contribution is 7.89. The predicted molar refractivity (Wildman–Crippen MR) is 93.9 cm³/mol. The molecule has 0 radical (unpaired) electrons. The maximum Gasteiger partial charge on any atom is 0.309 e. The average molecular weight is 378 g/mol. The normalized spacial score (nSPS) is 24.7. The van der Waals surface area contributed by atoms with Crippen molar-refractivity contribution >= 4 is 27.6 Å². The molecule has 4 rings (SSSR count). The molecule has 1 aromatic rings. The first-order valence-corrected chi connectivity index (χ1v) is 10.3. The molecule has 1 saturated carbocycles. The molecule has 8 heteroatoms. The van der Waals surface area contributed by atoms with Crippen LogP contribution in [0.2, 0.25) is 0 Å². The standard InChI is InChI=1S/C18H22N2O5S/c1-25-17(22)14-11-18(14)6-8-20(9-7-18)26(23,24)13-3-4-15-12(10-13)2-5-16(21)19-15/h3-4,10,14H,2,5-9,11H2,1H3,(H,19,21). The van der Waals surface area contributed by atoms with Gasteiger partial charge in [0.25, 0.3) is 0 Å². The van der Waals surface area contributed by atoms with E-state index in [1.807, 2.05) is 0 Å². The number of benzene rings is 1. The van der Waals surface area contributed by atoms with E-state index in [0.717, 1.165) is 12.0 Å². The number of piperidine rings is 1. The summed E-state index contributed by atoms with van der Waals surface area (Å²) in [6, 6.07) is 4.89. The number of anilines is 1. The molecule has 140 valence electrons.